The van der Waals surface area contributed by atoms with Gasteiger partial charge in [0, 0.05) is 31.6 Å². The van der Waals surface area contributed by atoms with Gasteiger partial charge in [0.2, 0.25) is 0 Å². The molecule has 3 aromatic rings. The Morgan fingerprint density at radius 3 is 2.63 bits per heavy atom. The van der Waals surface area contributed by atoms with E-state index in [9.17, 15) is 4.39 Å². The van der Waals surface area contributed by atoms with Crippen LogP contribution < -0.4 is 9.64 Å². The van der Waals surface area contributed by atoms with Crippen molar-refractivity contribution in [2.75, 3.05) is 31.6 Å². The summed E-state index contributed by atoms with van der Waals surface area (Å²) >= 11 is 1.78. The minimum atomic E-state index is -0.252. The zero-order valence-corrected chi connectivity index (χ0v) is 19.2. The lowest BCUT2D eigenvalue weighted by molar-refractivity contribution is 0.0467. The molecule has 0 saturated carbocycles. The van der Waals surface area contributed by atoms with Gasteiger partial charge in [-0.15, -0.1) is 24.8 Å². The van der Waals surface area contributed by atoms with Crippen LogP contribution in [0.15, 0.2) is 42.5 Å². The van der Waals surface area contributed by atoms with E-state index in [2.05, 4.69) is 35.0 Å². The molecule has 0 bridgehead atoms. The van der Waals surface area contributed by atoms with Gasteiger partial charge in [-0.05, 0) is 44.0 Å². The summed E-state index contributed by atoms with van der Waals surface area (Å²) in [4.78, 5) is 9.46. The molecule has 162 valence electrons. The van der Waals surface area contributed by atoms with E-state index in [1.54, 1.807) is 17.4 Å². The summed E-state index contributed by atoms with van der Waals surface area (Å²) in [7, 11) is 2.09. The van der Waals surface area contributed by atoms with Crippen LogP contribution in [0.5, 0.6) is 5.75 Å². The summed E-state index contributed by atoms with van der Waals surface area (Å²) in [6.07, 6.45) is 2.99. The first-order valence-electron chi connectivity index (χ1n) is 9.92. The van der Waals surface area contributed by atoms with Crippen LogP contribution in [-0.4, -0.2) is 42.8 Å². The first kappa shape index (κ1) is 23.1. The predicted molar refractivity (Wildman–Crippen MR) is 126 cm³/mol. The molecule has 0 N–H and O–H groups in total. The molecule has 1 fully saturated rings. The lowest BCUT2D eigenvalue weighted by atomic mass is 9.96. The summed E-state index contributed by atoms with van der Waals surface area (Å²) in [6, 6.07) is 13.5. The molecule has 0 aliphatic carbocycles. The number of ether oxygens (including phenoxy) is 1. The molecule has 4 nitrogen and oxygen atoms in total. The van der Waals surface area contributed by atoms with Crippen LogP contribution in [0.2, 0.25) is 0 Å². The summed E-state index contributed by atoms with van der Waals surface area (Å²) in [5.74, 6) is 0.815. The third-order valence-corrected chi connectivity index (χ3v) is 7.00. The van der Waals surface area contributed by atoms with Crippen molar-refractivity contribution < 1.29 is 9.13 Å². The first-order valence-corrected chi connectivity index (χ1v) is 10.7. The summed E-state index contributed by atoms with van der Waals surface area (Å²) in [5.41, 5.74) is 2.07. The SMILES string of the molecule is CN(CC1CCN(c2nc3ccccc3s2)CC1)C1Cc2cccc(F)c2O1.Cl.Cl. The number of piperidine rings is 1. The number of anilines is 1. The quantitative estimate of drug-likeness (QED) is 0.512. The smallest absolute Gasteiger partial charge is 0.186 e. The van der Waals surface area contributed by atoms with Crippen LogP contribution >= 0.6 is 36.2 Å². The van der Waals surface area contributed by atoms with Gasteiger partial charge in [0.15, 0.2) is 22.9 Å². The summed E-state index contributed by atoms with van der Waals surface area (Å²) in [6.45, 7) is 3.06. The van der Waals surface area contributed by atoms with E-state index in [1.165, 1.54) is 10.8 Å². The molecule has 0 spiro atoms. The number of hydrogen-bond donors (Lipinski definition) is 0. The highest BCUT2D eigenvalue weighted by molar-refractivity contribution is 7.22. The minimum absolute atomic E-state index is 0. The Hall–Kier alpha value is -1.60. The van der Waals surface area contributed by atoms with Gasteiger partial charge in [-0.2, -0.15) is 0 Å². The van der Waals surface area contributed by atoms with Gasteiger partial charge >= 0.3 is 0 Å². The number of likely N-dealkylation sites (N-methyl/N-ethyl adjacent to an activating group) is 1. The lowest BCUT2D eigenvalue weighted by Gasteiger charge is -2.35. The number of halogens is 3. The molecule has 1 unspecified atom stereocenters. The monoisotopic (exact) mass is 469 g/mol. The van der Waals surface area contributed by atoms with Crippen LogP contribution in [0.3, 0.4) is 0 Å². The Morgan fingerprint density at radius 1 is 1.13 bits per heavy atom. The molecule has 1 aromatic heterocycles. The van der Waals surface area contributed by atoms with Crippen molar-refractivity contribution in [2.24, 2.45) is 5.92 Å². The molecular formula is C22H26Cl2FN3OS. The van der Waals surface area contributed by atoms with E-state index in [0.29, 0.717) is 11.7 Å². The number of hydrogen-bond acceptors (Lipinski definition) is 5. The van der Waals surface area contributed by atoms with Crippen LogP contribution in [0.4, 0.5) is 9.52 Å². The summed E-state index contributed by atoms with van der Waals surface area (Å²) in [5, 5.41) is 1.14. The maximum absolute atomic E-state index is 13.9. The number of nitrogens with zero attached hydrogens (tertiary/aromatic N) is 3. The fraction of sp³-hybridized carbons (Fsp3) is 0.409. The molecule has 1 saturated heterocycles. The molecule has 3 heterocycles. The molecular weight excluding hydrogens is 444 g/mol. The second-order valence-electron chi connectivity index (χ2n) is 7.84. The van der Waals surface area contributed by atoms with Gasteiger partial charge < -0.3 is 9.64 Å². The molecule has 8 heteroatoms. The fourth-order valence-corrected chi connectivity index (χ4v) is 5.30. The number of thiazole rings is 1. The third kappa shape index (κ3) is 4.52. The van der Waals surface area contributed by atoms with E-state index in [0.717, 1.165) is 55.1 Å². The number of aromatic nitrogens is 1. The summed E-state index contributed by atoms with van der Waals surface area (Å²) < 4.78 is 21.1. The normalized spacial score (nSPS) is 18.6. The molecule has 5 rings (SSSR count). The predicted octanol–water partition coefficient (Wildman–Crippen LogP) is 5.39. The maximum Gasteiger partial charge on any atom is 0.186 e. The van der Waals surface area contributed by atoms with Crippen LogP contribution in [0, 0.1) is 11.7 Å². The Labute approximate surface area is 192 Å². The van der Waals surface area contributed by atoms with Crippen molar-refractivity contribution in [3.63, 3.8) is 0 Å². The van der Waals surface area contributed by atoms with Crippen LogP contribution in [-0.2, 0) is 6.42 Å². The zero-order chi connectivity index (χ0) is 19.1. The Balaban J connectivity index is 0.00000128. The molecule has 0 amide bonds. The second kappa shape index (κ2) is 9.69. The second-order valence-corrected chi connectivity index (χ2v) is 8.85. The average molecular weight is 470 g/mol. The van der Waals surface area contributed by atoms with Crippen molar-refractivity contribution in [3.05, 3.63) is 53.8 Å². The van der Waals surface area contributed by atoms with Crippen molar-refractivity contribution in [1.82, 2.24) is 9.88 Å². The van der Waals surface area contributed by atoms with Gasteiger partial charge in [0.1, 0.15) is 0 Å². The van der Waals surface area contributed by atoms with Gasteiger partial charge in [-0.3, -0.25) is 4.90 Å². The van der Waals surface area contributed by atoms with Gasteiger partial charge in [-0.25, -0.2) is 9.37 Å². The average Bonchev–Trinajstić information content (AvgIpc) is 3.33. The van der Waals surface area contributed by atoms with Crippen molar-refractivity contribution >= 4 is 51.5 Å². The number of benzene rings is 2. The van der Waals surface area contributed by atoms with Crippen LogP contribution in [0.25, 0.3) is 10.2 Å². The van der Waals surface area contributed by atoms with E-state index in [-0.39, 0.29) is 36.9 Å². The van der Waals surface area contributed by atoms with Crippen LogP contribution in [0.1, 0.15) is 18.4 Å². The van der Waals surface area contributed by atoms with E-state index >= 15 is 0 Å². The van der Waals surface area contributed by atoms with Gasteiger partial charge in [0.25, 0.3) is 0 Å². The lowest BCUT2D eigenvalue weighted by Crippen LogP contribution is -2.42. The highest BCUT2D eigenvalue weighted by Crippen LogP contribution is 2.34. The van der Waals surface area contributed by atoms with Crippen molar-refractivity contribution in [2.45, 2.75) is 25.5 Å². The van der Waals surface area contributed by atoms with E-state index in [1.807, 2.05) is 12.1 Å². The first-order chi connectivity index (χ1) is 13.7. The Bertz CT molecular complexity index is 960. The minimum Gasteiger partial charge on any atom is -0.471 e. The van der Waals surface area contributed by atoms with Crippen molar-refractivity contribution in [3.8, 4) is 5.75 Å². The van der Waals surface area contributed by atoms with E-state index < -0.39 is 0 Å². The molecule has 30 heavy (non-hydrogen) atoms. The largest absolute Gasteiger partial charge is 0.471 e. The number of rotatable bonds is 4. The fourth-order valence-electron chi connectivity index (χ4n) is 4.28. The molecule has 2 aliphatic heterocycles. The van der Waals surface area contributed by atoms with Crippen molar-refractivity contribution in [1.29, 1.82) is 0 Å². The molecule has 0 radical (unpaired) electrons. The molecule has 2 aliphatic rings. The maximum atomic E-state index is 13.9. The third-order valence-electron chi connectivity index (χ3n) is 5.90. The van der Waals surface area contributed by atoms with E-state index in [4.69, 9.17) is 9.72 Å². The number of fused-ring (bicyclic) bond motifs is 2. The zero-order valence-electron chi connectivity index (χ0n) is 16.8. The number of para-hydroxylation sites is 2. The highest BCUT2D eigenvalue weighted by Gasteiger charge is 2.31. The van der Waals surface area contributed by atoms with Gasteiger partial charge in [-0.1, -0.05) is 35.6 Å². The van der Waals surface area contributed by atoms with Gasteiger partial charge in [0.05, 0.1) is 10.2 Å². The standard InChI is InChI=1S/C22H24FN3OS.2ClH/c1-25(20-13-16-5-4-6-17(23)21(16)27-20)14-15-9-11-26(12-10-15)22-24-18-7-2-3-8-19(18)28-22;;/h2-8,15,20H,9-14H2,1H3;2*1H. The highest BCUT2D eigenvalue weighted by atomic mass is 35.5. The Kier molecular flexibility index (Phi) is 7.45. The topological polar surface area (TPSA) is 28.6 Å². The Morgan fingerprint density at radius 2 is 1.90 bits per heavy atom. The molecule has 2 aromatic carbocycles. The molecule has 1 atom stereocenters.